The lowest BCUT2D eigenvalue weighted by molar-refractivity contribution is -0.121. The third-order valence-electron chi connectivity index (χ3n) is 4.19. The van der Waals surface area contributed by atoms with Gasteiger partial charge in [-0.15, -0.1) is 0 Å². The predicted octanol–water partition coefficient (Wildman–Crippen LogP) is 0.920. The highest BCUT2D eigenvalue weighted by Crippen LogP contribution is 2.19. The lowest BCUT2D eigenvalue weighted by atomic mass is 10.1. The van der Waals surface area contributed by atoms with E-state index < -0.39 is 6.04 Å². The zero-order valence-corrected chi connectivity index (χ0v) is 14.3. The molecule has 0 unspecified atom stereocenters. The van der Waals surface area contributed by atoms with Crippen molar-refractivity contribution in [1.29, 1.82) is 0 Å². The molecule has 1 aliphatic heterocycles. The molecule has 3 amide bonds. The molecule has 1 aromatic heterocycles. The molecular formula is C18H21N5O3. The maximum absolute atomic E-state index is 12.3. The number of aromatic nitrogens is 2. The number of carbonyl (C=O) groups is 3. The molecule has 1 aromatic carbocycles. The molecule has 0 bridgehead atoms. The summed E-state index contributed by atoms with van der Waals surface area (Å²) < 4.78 is 1.94. The Morgan fingerprint density at radius 3 is 2.92 bits per heavy atom. The first kappa shape index (κ1) is 17.7. The van der Waals surface area contributed by atoms with Gasteiger partial charge in [0.15, 0.2) is 0 Å². The number of hydrogen-bond donors (Lipinski definition) is 3. The molecule has 3 rings (SSSR count). The topological polar surface area (TPSA) is 105 Å². The van der Waals surface area contributed by atoms with Crippen LogP contribution in [-0.4, -0.2) is 39.9 Å². The van der Waals surface area contributed by atoms with Crippen LogP contribution in [0, 0.1) is 0 Å². The van der Waals surface area contributed by atoms with Crippen molar-refractivity contribution >= 4 is 23.4 Å². The van der Waals surface area contributed by atoms with Crippen LogP contribution < -0.4 is 16.0 Å². The van der Waals surface area contributed by atoms with Crippen molar-refractivity contribution in [1.82, 2.24) is 20.2 Å². The summed E-state index contributed by atoms with van der Waals surface area (Å²) in [6.45, 7) is 1.32. The second-order valence-electron chi connectivity index (χ2n) is 6.10. The Kier molecular flexibility index (Phi) is 5.62. The van der Waals surface area contributed by atoms with E-state index in [1.165, 1.54) is 0 Å². The summed E-state index contributed by atoms with van der Waals surface area (Å²) in [5.74, 6) is -0.764. The molecule has 1 aliphatic rings. The minimum absolute atomic E-state index is 0.139. The smallest absolute Gasteiger partial charge is 0.254 e. The lowest BCUT2D eigenvalue weighted by Gasteiger charge is -2.14. The SMILES string of the molecule is O=C(CC[C@@H]1NC(=O)c2ccccc2NC1=O)NCCCn1ccnc1. The van der Waals surface area contributed by atoms with Crippen molar-refractivity contribution in [3.05, 3.63) is 48.5 Å². The number of benzene rings is 1. The number of hydrogen-bond acceptors (Lipinski definition) is 4. The Labute approximate surface area is 151 Å². The average Bonchev–Trinajstić information content (AvgIpc) is 3.11. The number of anilines is 1. The fourth-order valence-corrected chi connectivity index (χ4v) is 2.79. The maximum atomic E-state index is 12.3. The Morgan fingerprint density at radius 1 is 1.27 bits per heavy atom. The van der Waals surface area contributed by atoms with E-state index in [0.29, 0.717) is 17.8 Å². The molecule has 0 saturated carbocycles. The summed E-state index contributed by atoms with van der Waals surface area (Å²) in [6, 6.07) is 6.10. The summed E-state index contributed by atoms with van der Waals surface area (Å²) in [6.07, 6.45) is 6.51. The van der Waals surface area contributed by atoms with E-state index in [0.717, 1.165) is 13.0 Å². The third-order valence-corrected chi connectivity index (χ3v) is 4.19. The molecule has 136 valence electrons. The van der Waals surface area contributed by atoms with Crippen LogP contribution >= 0.6 is 0 Å². The van der Waals surface area contributed by atoms with Gasteiger partial charge in [0.25, 0.3) is 5.91 Å². The first-order valence-electron chi connectivity index (χ1n) is 8.56. The Balaban J connectivity index is 1.43. The van der Waals surface area contributed by atoms with E-state index in [9.17, 15) is 14.4 Å². The van der Waals surface area contributed by atoms with E-state index in [1.54, 1.807) is 36.8 Å². The summed E-state index contributed by atoms with van der Waals surface area (Å²) in [5, 5.41) is 8.24. The van der Waals surface area contributed by atoms with Crippen LogP contribution in [0.25, 0.3) is 0 Å². The minimum Gasteiger partial charge on any atom is -0.356 e. The van der Waals surface area contributed by atoms with Crippen LogP contribution in [0.3, 0.4) is 0 Å². The normalized spacial score (nSPS) is 16.2. The summed E-state index contributed by atoms with van der Waals surface area (Å²) in [7, 11) is 0. The molecule has 0 fully saturated rings. The number of aryl methyl sites for hydroxylation is 1. The predicted molar refractivity (Wildman–Crippen MR) is 95.4 cm³/mol. The first-order valence-corrected chi connectivity index (χ1v) is 8.56. The van der Waals surface area contributed by atoms with Crippen molar-refractivity contribution in [3.63, 3.8) is 0 Å². The van der Waals surface area contributed by atoms with Gasteiger partial charge in [0.1, 0.15) is 6.04 Å². The van der Waals surface area contributed by atoms with Gasteiger partial charge in [-0.3, -0.25) is 14.4 Å². The van der Waals surface area contributed by atoms with Crippen molar-refractivity contribution in [3.8, 4) is 0 Å². The van der Waals surface area contributed by atoms with Crippen molar-refractivity contribution in [2.24, 2.45) is 0 Å². The maximum Gasteiger partial charge on any atom is 0.254 e. The molecular weight excluding hydrogens is 334 g/mol. The van der Waals surface area contributed by atoms with E-state index in [2.05, 4.69) is 20.9 Å². The molecule has 8 nitrogen and oxygen atoms in total. The number of carbonyl (C=O) groups excluding carboxylic acids is 3. The van der Waals surface area contributed by atoms with Crippen molar-refractivity contribution < 1.29 is 14.4 Å². The van der Waals surface area contributed by atoms with Crippen LogP contribution in [0.5, 0.6) is 0 Å². The molecule has 0 aliphatic carbocycles. The average molecular weight is 355 g/mol. The number of rotatable bonds is 7. The van der Waals surface area contributed by atoms with E-state index in [4.69, 9.17) is 0 Å². The zero-order chi connectivity index (χ0) is 18.4. The number of amides is 3. The molecule has 0 saturated heterocycles. The molecule has 2 heterocycles. The standard InChI is InChI=1S/C18H21N5O3/c24-16(20-8-3-10-23-11-9-19-12-23)7-6-15-18(26)21-14-5-2-1-4-13(14)17(25)22-15/h1-2,4-5,9,11-12,15H,3,6-8,10H2,(H,20,24)(H,21,26)(H,22,25)/t15-/m0/s1. The van der Waals surface area contributed by atoms with E-state index in [-0.39, 0.29) is 30.6 Å². The third kappa shape index (κ3) is 4.47. The van der Waals surface area contributed by atoms with Gasteiger partial charge in [0.2, 0.25) is 11.8 Å². The minimum atomic E-state index is -0.730. The van der Waals surface area contributed by atoms with Crippen molar-refractivity contribution in [2.75, 3.05) is 11.9 Å². The van der Waals surface area contributed by atoms with Gasteiger partial charge in [-0.05, 0) is 25.0 Å². The number of para-hydroxylation sites is 1. The second-order valence-corrected chi connectivity index (χ2v) is 6.10. The highest BCUT2D eigenvalue weighted by atomic mass is 16.2. The summed E-state index contributed by atoms with van der Waals surface area (Å²) in [5.41, 5.74) is 0.911. The van der Waals surface area contributed by atoms with Crippen LogP contribution in [0.1, 0.15) is 29.6 Å². The summed E-state index contributed by atoms with van der Waals surface area (Å²) in [4.78, 5) is 40.4. The fraction of sp³-hybridized carbons (Fsp3) is 0.333. The highest BCUT2D eigenvalue weighted by molar-refractivity contribution is 6.09. The van der Waals surface area contributed by atoms with Gasteiger partial charge in [0, 0.05) is 31.9 Å². The number of fused-ring (bicyclic) bond motifs is 1. The Hall–Kier alpha value is -3.16. The fourth-order valence-electron chi connectivity index (χ4n) is 2.79. The molecule has 0 radical (unpaired) electrons. The quantitative estimate of drug-likeness (QED) is 0.642. The summed E-state index contributed by atoms with van der Waals surface area (Å²) >= 11 is 0. The van der Waals surface area contributed by atoms with Gasteiger partial charge in [-0.2, -0.15) is 0 Å². The van der Waals surface area contributed by atoms with E-state index in [1.807, 2.05) is 10.8 Å². The van der Waals surface area contributed by atoms with E-state index >= 15 is 0 Å². The highest BCUT2D eigenvalue weighted by Gasteiger charge is 2.27. The molecule has 8 heteroatoms. The first-order chi connectivity index (χ1) is 12.6. The van der Waals surface area contributed by atoms with Crippen LogP contribution in [-0.2, 0) is 16.1 Å². The van der Waals surface area contributed by atoms with Gasteiger partial charge >= 0.3 is 0 Å². The largest absolute Gasteiger partial charge is 0.356 e. The van der Waals surface area contributed by atoms with Crippen molar-refractivity contribution in [2.45, 2.75) is 31.8 Å². The van der Waals surface area contributed by atoms with Crippen LogP contribution in [0.4, 0.5) is 5.69 Å². The van der Waals surface area contributed by atoms with Gasteiger partial charge in [0.05, 0.1) is 17.6 Å². The van der Waals surface area contributed by atoms with Crippen LogP contribution in [0.15, 0.2) is 43.0 Å². The monoisotopic (exact) mass is 355 g/mol. The van der Waals surface area contributed by atoms with Crippen LogP contribution in [0.2, 0.25) is 0 Å². The van der Waals surface area contributed by atoms with Gasteiger partial charge in [-0.25, -0.2) is 4.98 Å². The van der Waals surface area contributed by atoms with Gasteiger partial charge < -0.3 is 20.5 Å². The van der Waals surface area contributed by atoms with Gasteiger partial charge in [-0.1, -0.05) is 12.1 Å². The second kappa shape index (κ2) is 8.28. The molecule has 1 atom stereocenters. The lowest BCUT2D eigenvalue weighted by Crippen LogP contribution is -2.42. The molecule has 26 heavy (non-hydrogen) atoms. The Bertz CT molecular complexity index is 788. The number of imidazole rings is 1. The molecule has 3 N–H and O–H groups in total. The molecule has 0 spiro atoms. The zero-order valence-electron chi connectivity index (χ0n) is 14.3. The number of nitrogens with zero attached hydrogens (tertiary/aromatic N) is 2. The Morgan fingerprint density at radius 2 is 2.12 bits per heavy atom. The number of nitrogens with one attached hydrogen (secondary N) is 3. The molecule has 2 aromatic rings.